The second-order valence-electron chi connectivity index (χ2n) is 6.04. The van der Waals surface area contributed by atoms with Gasteiger partial charge >= 0.3 is 5.97 Å². The van der Waals surface area contributed by atoms with E-state index in [1.807, 2.05) is 30.3 Å². The molecule has 6 atom stereocenters. The summed E-state index contributed by atoms with van der Waals surface area (Å²) in [7, 11) is 0. The number of benzene rings is 1. The van der Waals surface area contributed by atoms with Gasteiger partial charge in [-0.15, -0.1) is 0 Å². The van der Waals surface area contributed by atoms with Crippen LogP contribution in [0.4, 0.5) is 0 Å². The van der Waals surface area contributed by atoms with E-state index in [4.69, 9.17) is 18.9 Å². The number of hydrogen-bond acceptors (Lipinski definition) is 7. The van der Waals surface area contributed by atoms with Crippen molar-refractivity contribution in [2.45, 2.75) is 50.8 Å². The quantitative estimate of drug-likeness (QED) is 0.753. The molecule has 1 unspecified atom stereocenters. The van der Waals surface area contributed by atoms with Crippen molar-refractivity contribution >= 4 is 11.9 Å². The van der Waals surface area contributed by atoms with Gasteiger partial charge in [0.1, 0.15) is 18.2 Å². The second kappa shape index (κ2) is 7.49. The summed E-state index contributed by atoms with van der Waals surface area (Å²) >= 11 is 0. The van der Waals surface area contributed by atoms with Gasteiger partial charge in [0.05, 0.1) is 6.61 Å². The Hall–Kier alpha value is -2.00. The predicted molar refractivity (Wildman–Crippen MR) is 84.0 cm³/mol. The summed E-state index contributed by atoms with van der Waals surface area (Å²) in [6.07, 6.45) is -4.20. The number of carbonyl (C=O) groups is 2. The van der Waals surface area contributed by atoms with Gasteiger partial charge in [0, 0.05) is 19.4 Å². The molecule has 1 aromatic rings. The van der Waals surface area contributed by atoms with E-state index in [1.54, 1.807) is 0 Å². The number of aliphatic hydroxyl groups excluding tert-OH is 1. The van der Waals surface area contributed by atoms with E-state index >= 15 is 0 Å². The van der Waals surface area contributed by atoms with E-state index in [2.05, 4.69) is 5.32 Å². The molecule has 0 saturated carbocycles. The largest absolute Gasteiger partial charge is 0.457 e. The lowest BCUT2D eigenvalue weighted by atomic mass is 9.95. The third-order valence-electron chi connectivity index (χ3n) is 4.10. The van der Waals surface area contributed by atoms with E-state index in [0.717, 1.165) is 5.56 Å². The van der Waals surface area contributed by atoms with Crippen LogP contribution in [0.15, 0.2) is 30.3 Å². The molecule has 0 spiro atoms. The van der Waals surface area contributed by atoms with Crippen LogP contribution in [0.2, 0.25) is 0 Å². The van der Waals surface area contributed by atoms with Crippen LogP contribution in [0.5, 0.6) is 0 Å². The van der Waals surface area contributed by atoms with E-state index in [-0.39, 0.29) is 12.5 Å². The van der Waals surface area contributed by atoms with Crippen molar-refractivity contribution in [3.63, 3.8) is 0 Å². The first kappa shape index (κ1) is 17.8. The third kappa shape index (κ3) is 3.98. The van der Waals surface area contributed by atoms with Crippen molar-refractivity contribution in [3.8, 4) is 0 Å². The van der Waals surface area contributed by atoms with Gasteiger partial charge in [0.2, 0.25) is 5.91 Å². The molecule has 2 saturated heterocycles. The maximum absolute atomic E-state index is 11.5. The average molecular weight is 351 g/mol. The number of hydrogen-bond donors (Lipinski definition) is 2. The van der Waals surface area contributed by atoms with Gasteiger partial charge in [-0.1, -0.05) is 30.3 Å². The normalized spacial score (nSPS) is 34.7. The summed E-state index contributed by atoms with van der Waals surface area (Å²) in [4.78, 5) is 23.0. The maximum Gasteiger partial charge on any atom is 0.303 e. The molecule has 2 heterocycles. The molecular weight excluding hydrogens is 330 g/mol. The van der Waals surface area contributed by atoms with Gasteiger partial charge < -0.3 is 29.4 Å². The van der Waals surface area contributed by atoms with Gasteiger partial charge in [-0.25, -0.2) is 0 Å². The van der Waals surface area contributed by atoms with Crippen LogP contribution in [-0.2, 0) is 28.5 Å². The summed E-state index contributed by atoms with van der Waals surface area (Å²) < 4.78 is 22.5. The highest BCUT2D eigenvalue weighted by Gasteiger charge is 2.51. The minimum atomic E-state index is -1.34. The van der Waals surface area contributed by atoms with Crippen LogP contribution >= 0.6 is 0 Å². The lowest BCUT2D eigenvalue weighted by Gasteiger charge is -2.47. The van der Waals surface area contributed by atoms with Crippen molar-refractivity contribution in [1.29, 1.82) is 0 Å². The van der Waals surface area contributed by atoms with E-state index in [1.165, 1.54) is 13.8 Å². The molecular formula is C17H21NO7. The molecule has 2 aliphatic heterocycles. The molecule has 1 amide bonds. The number of fused-ring (bicyclic) bond motifs is 1. The van der Waals surface area contributed by atoms with Gasteiger partial charge in [-0.3, -0.25) is 9.59 Å². The molecule has 0 radical (unpaired) electrons. The van der Waals surface area contributed by atoms with Crippen molar-refractivity contribution in [2.75, 3.05) is 6.61 Å². The van der Waals surface area contributed by atoms with Crippen LogP contribution in [0.3, 0.4) is 0 Å². The van der Waals surface area contributed by atoms with Crippen molar-refractivity contribution in [1.82, 2.24) is 5.32 Å². The van der Waals surface area contributed by atoms with Crippen molar-refractivity contribution in [3.05, 3.63) is 35.9 Å². The summed E-state index contributed by atoms with van der Waals surface area (Å²) in [5, 5.41) is 12.7. The minimum Gasteiger partial charge on any atom is -0.457 e. The Balaban J connectivity index is 1.84. The lowest BCUT2D eigenvalue weighted by Crippen LogP contribution is -2.67. The van der Waals surface area contributed by atoms with Gasteiger partial charge in [0.25, 0.3) is 0 Å². The summed E-state index contributed by atoms with van der Waals surface area (Å²) in [6, 6.07) is 8.38. The topological polar surface area (TPSA) is 103 Å². The number of nitrogens with one attached hydrogen (secondary N) is 1. The van der Waals surface area contributed by atoms with E-state index in [9.17, 15) is 14.7 Å². The first-order chi connectivity index (χ1) is 12.0. The Morgan fingerprint density at radius 2 is 1.92 bits per heavy atom. The maximum atomic E-state index is 11.5. The smallest absolute Gasteiger partial charge is 0.303 e. The fraction of sp³-hybridized carbons (Fsp3) is 0.529. The molecule has 1 aromatic carbocycles. The van der Waals surface area contributed by atoms with Gasteiger partial charge in [0.15, 0.2) is 18.7 Å². The van der Waals surface area contributed by atoms with E-state index < -0.39 is 42.9 Å². The molecule has 25 heavy (non-hydrogen) atoms. The Labute approximate surface area is 145 Å². The number of ether oxygens (including phenoxy) is 4. The molecule has 0 bridgehead atoms. The summed E-state index contributed by atoms with van der Waals surface area (Å²) in [5.41, 5.74) is 0.810. The van der Waals surface area contributed by atoms with Crippen LogP contribution in [0.1, 0.15) is 25.7 Å². The highest BCUT2D eigenvalue weighted by atomic mass is 16.7. The summed E-state index contributed by atoms with van der Waals surface area (Å²) in [6.45, 7) is 2.72. The molecule has 8 heteroatoms. The molecule has 0 aliphatic carbocycles. The predicted octanol–water partition coefficient (Wildman–Crippen LogP) is 0.254. The SMILES string of the molecule is CC(=O)N[C@@H]1[C@@H](OC(C)=O)[C@@H]2OC(c3ccccc3)OC[C@H]2O[C@@H]1O. The fourth-order valence-corrected chi connectivity index (χ4v) is 3.09. The monoisotopic (exact) mass is 351 g/mol. The second-order valence-corrected chi connectivity index (χ2v) is 6.04. The number of esters is 1. The van der Waals surface area contributed by atoms with Gasteiger partial charge in [-0.05, 0) is 0 Å². The zero-order valence-corrected chi connectivity index (χ0v) is 14.0. The van der Waals surface area contributed by atoms with Crippen molar-refractivity contribution in [2.24, 2.45) is 0 Å². The highest BCUT2D eigenvalue weighted by molar-refractivity contribution is 5.73. The van der Waals surface area contributed by atoms with Crippen LogP contribution in [0, 0.1) is 0 Å². The highest BCUT2D eigenvalue weighted by Crippen LogP contribution is 2.34. The molecule has 3 rings (SSSR count). The van der Waals surface area contributed by atoms with Gasteiger partial charge in [-0.2, -0.15) is 0 Å². The molecule has 0 aromatic heterocycles. The molecule has 136 valence electrons. The minimum absolute atomic E-state index is 0.159. The summed E-state index contributed by atoms with van der Waals surface area (Å²) in [5.74, 6) is -0.922. The third-order valence-corrected chi connectivity index (χ3v) is 4.10. The first-order valence-electron chi connectivity index (χ1n) is 8.05. The number of carbonyl (C=O) groups excluding carboxylic acids is 2. The zero-order chi connectivity index (χ0) is 18.0. The fourth-order valence-electron chi connectivity index (χ4n) is 3.09. The standard InChI is InChI=1S/C17H21NO7/c1-9(19)18-13-15(23-10(2)20)14-12(24-16(13)21)8-22-17(25-14)11-6-4-3-5-7-11/h3-7,12-17,21H,8H2,1-2H3,(H,18,19)/t12-,13-,14-,15-,16+,17?/m1/s1. The molecule has 8 nitrogen and oxygen atoms in total. The molecule has 2 N–H and O–H groups in total. The van der Waals surface area contributed by atoms with E-state index in [0.29, 0.717) is 0 Å². The van der Waals surface area contributed by atoms with Crippen LogP contribution < -0.4 is 5.32 Å². The Morgan fingerprint density at radius 3 is 2.56 bits per heavy atom. The Morgan fingerprint density at radius 1 is 1.20 bits per heavy atom. The van der Waals surface area contributed by atoms with Crippen LogP contribution in [0.25, 0.3) is 0 Å². The number of amides is 1. The Bertz CT molecular complexity index is 623. The average Bonchev–Trinajstić information content (AvgIpc) is 2.58. The first-order valence-corrected chi connectivity index (χ1v) is 8.05. The van der Waals surface area contributed by atoms with Crippen molar-refractivity contribution < 1.29 is 33.6 Å². The zero-order valence-electron chi connectivity index (χ0n) is 14.0. The molecule has 2 fully saturated rings. The number of aliphatic hydroxyl groups is 1. The Kier molecular flexibility index (Phi) is 5.33. The number of rotatable bonds is 3. The van der Waals surface area contributed by atoms with Crippen LogP contribution in [-0.4, -0.2) is 54.2 Å². The lowest BCUT2D eigenvalue weighted by molar-refractivity contribution is -0.338. The molecule has 2 aliphatic rings.